The van der Waals surface area contributed by atoms with E-state index in [0.717, 1.165) is 0 Å². The molecular weight excluding hydrogens is 283 g/mol. The molecule has 110 valence electrons. The fourth-order valence-corrected chi connectivity index (χ4v) is 1.90. The van der Waals surface area contributed by atoms with Crippen LogP contribution in [-0.4, -0.2) is 58.6 Å². The maximum absolute atomic E-state index is 12.6. The van der Waals surface area contributed by atoms with Gasteiger partial charge >= 0.3 is 11.4 Å². The highest BCUT2D eigenvalue weighted by Gasteiger charge is 2.67. The maximum atomic E-state index is 12.6. The Morgan fingerprint density at radius 3 is 1.83 bits per heavy atom. The summed E-state index contributed by atoms with van der Waals surface area (Å²) >= 11 is 0. The molecule has 0 spiro atoms. The van der Waals surface area contributed by atoms with Crippen molar-refractivity contribution in [2.75, 3.05) is 34.2 Å². The van der Waals surface area contributed by atoms with Gasteiger partial charge in [-0.1, -0.05) is 0 Å². The van der Waals surface area contributed by atoms with Gasteiger partial charge in [-0.15, -0.1) is 0 Å². The molecule has 0 unspecified atom stereocenters. The summed E-state index contributed by atoms with van der Waals surface area (Å²) in [4.78, 5) is 0. The lowest BCUT2D eigenvalue weighted by atomic mass is 10.4. The number of sulfonamides is 1. The minimum atomic E-state index is -6.13. The van der Waals surface area contributed by atoms with Crippen LogP contribution < -0.4 is 4.72 Å². The van der Waals surface area contributed by atoms with Crippen LogP contribution in [0.15, 0.2) is 0 Å². The molecule has 0 radical (unpaired) electrons. The number of nitrogens with zero attached hydrogens (tertiary/aromatic N) is 1. The van der Waals surface area contributed by atoms with Crippen LogP contribution in [0.5, 0.6) is 0 Å². The molecule has 0 heterocycles. The Morgan fingerprint density at radius 1 is 1.06 bits per heavy atom. The van der Waals surface area contributed by atoms with Crippen LogP contribution in [-0.2, 0) is 10.0 Å². The van der Waals surface area contributed by atoms with E-state index in [4.69, 9.17) is 0 Å². The molecule has 0 aliphatic heterocycles. The Bertz CT molecular complexity index is 372. The Hall–Kier alpha value is -0.480. The third-order valence-corrected chi connectivity index (χ3v) is 3.46. The van der Waals surface area contributed by atoms with Crippen molar-refractivity contribution in [3.05, 3.63) is 0 Å². The molecule has 1 N–H and O–H groups in total. The van der Waals surface area contributed by atoms with Gasteiger partial charge in [-0.25, -0.2) is 13.1 Å². The molecule has 0 aromatic carbocycles. The first kappa shape index (κ1) is 17.5. The van der Waals surface area contributed by atoms with E-state index in [1.807, 2.05) is 0 Å². The number of halogens is 5. The van der Waals surface area contributed by atoms with Gasteiger partial charge in [-0.3, -0.25) is 0 Å². The fourth-order valence-electron chi connectivity index (χ4n) is 1.00. The minimum Gasteiger partial charge on any atom is -0.331 e. The van der Waals surface area contributed by atoms with Gasteiger partial charge in [0.1, 0.15) is 0 Å². The molecular formula is C8H16F5N2O2S+. The van der Waals surface area contributed by atoms with E-state index in [0.29, 0.717) is 11.0 Å². The third-order valence-electron chi connectivity index (χ3n) is 1.97. The highest BCUT2D eigenvalue weighted by atomic mass is 32.2. The summed E-state index contributed by atoms with van der Waals surface area (Å²) in [5, 5.41) is -5.78. The van der Waals surface area contributed by atoms with E-state index in [9.17, 15) is 30.4 Å². The van der Waals surface area contributed by atoms with Crippen molar-refractivity contribution < 1.29 is 34.9 Å². The molecule has 0 saturated carbocycles. The Morgan fingerprint density at radius 2 is 1.50 bits per heavy atom. The summed E-state index contributed by atoms with van der Waals surface area (Å²) in [6.07, 6.45) is -5.98. The van der Waals surface area contributed by atoms with Crippen molar-refractivity contribution in [1.29, 1.82) is 0 Å². The predicted molar refractivity (Wildman–Crippen MR) is 55.4 cm³/mol. The summed E-state index contributed by atoms with van der Waals surface area (Å²) in [5.74, 6) is 0. The van der Waals surface area contributed by atoms with Crippen LogP contribution in [0.4, 0.5) is 22.0 Å². The highest BCUT2D eigenvalue weighted by Crippen LogP contribution is 2.39. The van der Waals surface area contributed by atoms with Gasteiger partial charge in [0.15, 0.2) is 0 Å². The third kappa shape index (κ3) is 4.65. The zero-order valence-electron chi connectivity index (χ0n) is 10.2. The van der Waals surface area contributed by atoms with Gasteiger partial charge in [-0.05, 0) is 0 Å². The predicted octanol–water partition coefficient (Wildman–Crippen LogP) is 1.16. The molecule has 0 amide bonds. The van der Waals surface area contributed by atoms with Crippen molar-refractivity contribution in [2.24, 2.45) is 0 Å². The largest absolute Gasteiger partial charge is 0.470 e. The van der Waals surface area contributed by atoms with Gasteiger partial charge in [0.25, 0.3) is 10.0 Å². The van der Waals surface area contributed by atoms with Crippen LogP contribution in [0.1, 0.15) is 6.42 Å². The molecule has 0 rings (SSSR count). The number of hydrogen-bond donors (Lipinski definition) is 1. The van der Waals surface area contributed by atoms with Gasteiger partial charge < -0.3 is 4.48 Å². The fraction of sp³-hybridized carbons (Fsp3) is 1.00. The van der Waals surface area contributed by atoms with E-state index in [1.54, 1.807) is 21.1 Å². The summed E-state index contributed by atoms with van der Waals surface area (Å²) in [6.45, 7) is -0.0381. The SMILES string of the molecule is C[N+](C)(C)CCCNS(=O)(=O)C(F)(F)C(F)(F)F. The summed E-state index contributed by atoms with van der Waals surface area (Å²) in [7, 11) is -0.421. The topological polar surface area (TPSA) is 46.2 Å². The van der Waals surface area contributed by atoms with E-state index < -0.39 is 28.0 Å². The van der Waals surface area contributed by atoms with Gasteiger partial charge in [0.05, 0.1) is 27.7 Å². The molecule has 18 heavy (non-hydrogen) atoms. The highest BCUT2D eigenvalue weighted by molar-refractivity contribution is 7.90. The second-order valence-corrected chi connectivity index (χ2v) is 6.59. The Labute approximate surface area is 102 Å². The van der Waals surface area contributed by atoms with Crippen molar-refractivity contribution in [3.63, 3.8) is 0 Å². The van der Waals surface area contributed by atoms with Crippen molar-refractivity contribution in [3.8, 4) is 0 Å². The first-order chi connectivity index (χ1) is 7.71. The molecule has 0 saturated heterocycles. The van der Waals surface area contributed by atoms with Crippen LogP contribution in [0.2, 0.25) is 0 Å². The molecule has 0 bridgehead atoms. The van der Waals surface area contributed by atoms with E-state index in [-0.39, 0.29) is 6.42 Å². The lowest BCUT2D eigenvalue weighted by molar-refractivity contribution is -0.870. The molecule has 0 aromatic rings. The van der Waals surface area contributed by atoms with Crippen molar-refractivity contribution in [1.82, 2.24) is 4.72 Å². The summed E-state index contributed by atoms with van der Waals surface area (Å²) in [6, 6.07) is 0. The number of nitrogens with one attached hydrogen (secondary N) is 1. The molecule has 0 atom stereocenters. The molecule has 4 nitrogen and oxygen atoms in total. The number of quaternary nitrogens is 1. The normalized spacial score (nSPS) is 14.9. The number of alkyl halides is 5. The monoisotopic (exact) mass is 299 g/mol. The molecule has 0 aliphatic rings. The summed E-state index contributed by atoms with van der Waals surface area (Å²) in [5.41, 5.74) is 0. The van der Waals surface area contributed by atoms with Gasteiger partial charge in [-0.2, -0.15) is 22.0 Å². The quantitative estimate of drug-likeness (QED) is 0.454. The van der Waals surface area contributed by atoms with E-state index >= 15 is 0 Å². The van der Waals surface area contributed by atoms with Crippen molar-refractivity contribution >= 4 is 10.0 Å². The molecule has 10 heteroatoms. The smallest absolute Gasteiger partial charge is 0.331 e. The number of rotatable bonds is 6. The Balaban J connectivity index is 4.52. The molecule has 0 fully saturated rings. The first-order valence-corrected chi connectivity index (χ1v) is 6.43. The van der Waals surface area contributed by atoms with Crippen LogP contribution in [0.25, 0.3) is 0 Å². The van der Waals surface area contributed by atoms with Crippen LogP contribution in [0, 0.1) is 0 Å². The van der Waals surface area contributed by atoms with E-state index in [2.05, 4.69) is 0 Å². The average Bonchev–Trinajstić information content (AvgIpc) is 2.09. The first-order valence-electron chi connectivity index (χ1n) is 4.95. The lowest BCUT2D eigenvalue weighted by Gasteiger charge is -2.24. The van der Waals surface area contributed by atoms with E-state index in [1.165, 1.54) is 4.72 Å². The van der Waals surface area contributed by atoms with Crippen molar-refractivity contribution in [2.45, 2.75) is 17.9 Å². The van der Waals surface area contributed by atoms with Gasteiger partial charge in [0.2, 0.25) is 0 Å². The minimum absolute atomic E-state index is 0.149. The lowest BCUT2D eigenvalue weighted by Crippen LogP contribution is -2.50. The maximum Gasteiger partial charge on any atom is 0.470 e. The van der Waals surface area contributed by atoms with Crippen LogP contribution >= 0.6 is 0 Å². The van der Waals surface area contributed by atoms with Crippen LogP contribution in [0.3, 0.4) is 0 Å². The number of hydrogen-bond acceptors (Lipinski definition) is 2. The zero-order valence-corrected chi connectivity index (χ0v) is 11.0. The standard InChI is InChI=1S/C8H16F5N2O2S/c1-15(2,3)6-4-5-14-18(16,17)8(12,13)7(9,10)11/h14H,4-6H2,1-3H3/q+1. The second-order valence-electron chi connectivity index (χ2n) is 4.78. The van der Waals surface area contributed by atoms with Gasteiger partial charge in [0, 0.05) is 13.0 Å². The zero-order chi connectivity index (χ0) is 14.8. The average molecular weight is 299 g/mol. The Kier molecular flexibility index (Phi) is 5.11. The molecule has 0 aliphatic carbocycles. The summed E-state index contributed by atoms with van der Waals surface area (Å²) < 4.78 is 84.1. The second kappa shape index (κ2) is 5.25. The molecule has 0 aromatic heterocycles.